The maximum atomic E-state index is 6.39. The van der Waals surface area contributed by atoms with E-state index >= 15 is 0 Å². The van der Waals surface area contributed by atoms with E-state index in [1.807, 2.05) is 27.7 Å². The van der Waals surface area contributed by atoms with Crippen LogP contribution in [0.4, 0.5) is 0 Å². The maximum absolute atomic E-state index is 6.39. The van der Waals surface area contributed by atoms with Crippen LogP contribution in [0.5, 0.6) is 0 Å². The molecular formula is C52H104NO7+. The molecule has 0 spiro atoms. The van der Waals surface area contributed by atoms with Gasteiger partial charge in [-0.1, -0.05) is 168 Å². The zero-order valence-corrected chi connectivity index (χ0v) is 41.5. The average Bonchev–Trinajstić information content (AvgIpc) is 3.74. The molecule has 4 atom stereocenters. The Bertz CT molecular complexity index is 931. The predicted molar refractivity (Wildman–Crippen MR) is 252 cm³/mol. The second-order valence-electron chi connectivity index (χ2n) is 20.2. The van der Waals surface area contributed by atoms with Crippen LogP contribution < -0.4 is 0 Å². The molecule has 0 aromatic carbocycles. The van der Waals surface area contributed by atoms with Crippen molar-refractivity contribution in [2.75, 3.05) is 60.4 Å². The van der Waals surface area contributed by atoms with Crippen molar-refractivity contribution >= 4 is 0 Å². The number of nitrogens with zero attached hydrogens (tertiary/aromatic N) is 1. The van der Waals surface area contributed by atoms with Crippen LogP contribution in [0.25, 0.3) is 0 Å². The highest BCUT2D eigenvalue weighted by molar-refractivity contribution is 4.93. The van der Waals surface area contributed by atoms with Crippen molar-refractivity contribution in [1.29, 1.82) is 0 Å². The molecule has 8 nitrogen and oxygen atoms in total. The molecule has 0 amide bonds. The lowest BCUT2D eigenvalue weighted by Gasteiger charge is -2.35. The van der Waals surface area contributed by atoms with Gasteiger partial charge in [0, 0.05) is 13.7 Å². The molecule has 2 rings (SSSR count). The standard InChI is InChI=1S/C52H104NO7/c1-9-11-13-15-17-19-21-23-25-27-29-31-33-36-40-53(7,41-37-34-32-30-28-26-24-22-20-18-16-14-12-10-2)42-38-35-39-43-55-44-47-50(60-52(5,6)59-47)49(56-46-54-8)48-45-57-51(3,4)58-48/h47-50H,9-46H2,1-8H3/q+1/t47-,48+,49-,50+/m0/s1. The Morgan fingerprint density at radius 3 is 1.30 bits per heavy atom. The number of quaternary nitrogens is 1. The Hall–Kier alpha value is -0.320. The Labute approximate surface area is 373 Å². The van der Waals surface area contributed by atoms with Crippen molar-refractivity contribution in [3.8, 4) is 0 Å². The first-order chi connectivity index (χ1) is 29.0. The Kier molecular flexibility index (Phi) is 32.6. The van der Waals surface area contributed by atoms with Crippen LogP contribution in [0.15, 0.2) is 0 Å². The predicted octanol–water partition coefficient (Wildman–Crippen LogP) is 14.2. The molecule has 0 aromatic rings. The highest BCUT2D eigenvalue weighted by Gasteiger charge is 2.51. The third-order valence-corrected chi connectivity index (χ3v) is 13.2. The van der Waals surface area contributed by atoms with E-state index in [0.717, 1.165) is 13.0 Å². The molecule has 0 aromatic heterocycles. The lowest BCUT2D eigenvalue weighted by Crippen LogP contribution is -2.48. The number of methoxy groups -OCH3 is 1. The van der Waals surface area contributed by atoms with E-state index in [4.69, 9.17) is 33.2 Å². The summed E-state index contributed by atoms with van der Waals surface area (Å²) in [5.41, 5.74) is 0. The van der Waals surface area contributed by atoms with Gasteiger partial charge in [0.2, 0.25) is 0 Å². The Morgan fingerprint density at radius 1 is 0.517 bits per heavy atom. The molecule has 8 heteroatoms. The van der Waals surface area contributed by atoms with Gasteiger partial charge in [0.1, 0.15) is 31.2 Å². The molecule has 0 radical (unpaired) electrons. The van der Waals surface area contributed by atoms with Crippen molar-refractivity contribution in [3.05, 3.63) is 0 Å². The van der Waals surface area contributed by atoms with Crippen LogP contribution in [-0.4, -0.2) is 101 Å². The summed E-state index contributed by atoms with van der Waals surface area (Å²) in [6, 6.07) is 0. The second kappa shape index (κ2) is 35.0. The largest absolute Gasteiger partial charge is 0.379 e. The summed E-state index contributed by atoms with van der Waals surface area (Å²) in [5.74, 6) is -1.39. The minimum atomic E-state index is -0.732. The highest BCUT2D eigenvalue weighted by atomic mass is 16.8. The monoisotopic (exact) mass is 855 g/mol. The van der Waals surface area contributed by atoms with E-state index in [0.29, 0.717) is 13.2 Å². The number of hydrogen-bond donors (Lipinski definition) is 0. The van der Waals surface area contributed by atoms with Crippen LogP contribution in [0.2, 0.25) is 0 Å². The summed E-state index contributed by atoms with van der Waals surface area (Å²) in [7, 11) is 4.19. The van der Waals surface area contributed by atoms with Crippen LogP contribution in [0, 0.1) is 0 Å². The maximum Gasteiger partial charge on any atom is 0.164 e. The topological polar surface area (TPSA) is 64.6 Å². The van der Waals surface area contributed by atoms with Gasteiger partial charge >= 0.3 is 0 Å². The number of rotatable bonds is 43. The van der Waals surface area contributed by atoms with Gasteiger partial charge in [-0.05, 0) is 72.6 Å². The molecule has 2 heterocycles. The molecule has 60 heavy (non-hydrogen) atoms. The van der Waals surface area contributed by atoms with E-state index in [2.05, 4.69) is 20.9 Å². The molecule has 0 aliphatic carbocycles. The van der Waals surface area contributed by atoms with Crippen molar-refractivity contribution in [1.82, 2.24) is 0 Å². The highest BCUT2D eigenvalue weighted by Crippen LogP contribution is 2.36. The van der Waals surface area contributed by atoms with E-state index in [9.17, 15) is 0 Å². The van der Waals surface area contributed by atoms with E-state index in [1.54, 1.807) is 7.11 Å². The van der Waals surface area contributed by atoms with E-state index in [-0.39, 0.29) is 25.1 Å². The number of unbranched alkanes of at least 4 members (excludes halogenated alkanes) is 28. The van der Waals surface area contributed by atoms with Gasteiger partial charge in [0.15, 0.2) is 11.6 Å². The summed E-state index contributed by atoms with van der Waals surface area (Å²) in [5, 5.41) is 0. The molecule has 0 unspecified atom stereocenters. The zero-order chi connectivity index (χ0) is 43.6. The quantitative estimate of drug-likeness (QED) is 0.0344. The van der Waals surface area contributed by atoms with Crippen LogP contribution in [0.3, 0.4) is 0 Å². The molecule has 0 saturated carbocycles. The fraction of sp³-hybridized carbons (Fsp3) is 1.00. The summed E-state index contributed by atoms with van der Waals surface area (Å²) in [6.45, 7) is 18.1. The SMILES string of the molecule is CCCCCCCCCCCCCCCC[N+](C)(CCCCCCCCCCCCCCCC)CCCCCOC[C@@H]1OC(C)(C)O[C@H]1[C@@H](OCOC)[C@H]1COC(C)(C)O1. The molecule has 2 aliphatic rings. The van der Waals surface area contributed by atoms with Gasteiger partial charge in [-0.15, -0.1) is 0 Å². The summed E-state index contributed by atoms with van der Waals surface area (Å²) in [6.07, 6.45) is 42.2. The third kappa shape index (κ3) is 27.8. The van der Waals surface area contributed by atoms with Gasteiger partial charge in [-0.25, -0.2) is 0 Å². The van der Waals surface area contributed by atoms with E-state index < -0.39 is 17.7 Å². The second-order valence-corrected chi connectivity index (χ2v) is 20.2. The first-order valence-electron chi connectivity index (χ1n) is 26.2. The molecule has 0 bridgehead atoms. The molecular weight excluding hydrogens is 751 g/mol. The summed E-state index contributed by atoms with van der Waals surface area (Å²) in [4.78, 5) is 0. The summed E-state index contributed by atoms with van der Waals surface area (Å²) < 4.78 is 43.7. The Balaban J connectivity index is 1.70. The van der Waals surface area contributed by atoms with E-state index in [1.165, 1.54) is 217 Å². The normalized spacial score (nSPS) is 20.7. The van der Waals surface area contributed by atoms with Gasteiger partial charge in [0.25, 0.3) is 0 Å². The zero-order valence-electron chi connectivity index (χ0n) is 41.5. The lowest BCUT2D eigenvalue weighted by molar-refractivity contribution is -0.910. The average molecular weight is 855 g/mol. The lowest BCUT2D eigenvalue weighted by atomic mass is 10.0. The van der Waals surface area contributed by atoms with Crippen LogP contribution in [0.1, 0.15) is 241 Å². The smallest absolute Gasteiger partial charge is 0.164 e. The molecule has 358 valence electrons. The van der Waals surface area contributed by atoms with Crippen molar-refractivity contribution < 1.29 is 37.6 Å². The molecule has 2 fully saturated rings. The number of hydrogen-bond acceptors (Lipinski definition) is 7. The van der Waals surface area contributed by atoms with Crippen molar-refractivity contribution in [2.24, 2.45) is 0 Å². The summed E-state index contributed by atoms with van der Waals surface area (Å²) >= 11 is 0. The van der Waals surface area contributed by atoms with Crippen molar-refractivity contribution in [2.45, 2.75) is 277 Å². The van der Waals surface area contributed by atoms with Gasteiger partial charge < -0.3 is 37.6 Å². The minimum absolute atomic E-state index is 0.148. The van der Waals surface area contributed by atoms with Crippen molar-refractivity contribution in [3.63, 3.8) is 0 Å². The first-order valence-corrected chi connectivity index (χ1v) is 26.2. The number of ether oxygens (including phenoxy) is 7. The fourth-order valence-electron chi connectivity index (χ4n) is 9.49. The Morgan fingerprint density at radius 2 is 0.917 bits per heavy atom. The minimum Gasteiger partial charge on any atom is -0.379 e. The molecule has 2 aliphatic heterocycles. The van der Waals surface area contributed by atoms with Crippen LogP contribution in [-0.2, 0) is 33.2 Å². The van der Waals surface area contributed by atoms with Gasteiger partial charge in [0.05, 0.1) is 39.9 Å². The van der Waals surface area contributed by atoms with Gasteiger partial charge in [-0.2, -0.15) is 0 Å². The van der Waals surface area contributed by atoms with Gasteiger partial charge in [-0.3, -0.25) is 0 Å². The molecule has 0 N–H and O–H groups in total. The first kappa shape index (κ1) is 55.8. The molecule has 2 saturated heterocycles. The third-order valence-electron chi connectivity index (χ3n) is 13.2. The fourth-order valence-corrected chi connectivity index (χ4v) is 9.49. The van der Waals surface area contributed by atoms with Crippen LogP contribution >= 0.6 is 0 Å².